The molecule has 0 saturated carbocycles. The van der Waals surface area contributed by atoms with Gasteiger partial charge in [0.25, 0.3) is 5.91 Å². The van der Waals surface area contributed by atoms with E-state index < -0.39 is 0 Å². The first-order valence-electron chi connectivity index (χ1n) is 15.3. The number of ether oxygens (including phenoxy) is 4. The number of imidazole rings is 1. The molecule has 1 aromatic heterocycles. The Balaban J connectivity index is 1.43. The van der Waals surface area contributed by atoms with Crippen LogP contribution in [0.5, 0.6) is 11.5 Å². The maximum Gasteiger partial charge on any atom is 0.251 e. The molecule has 1 amide bonds. The van der Waals surface area contributed by atoms with E-state index in [1.54, 1.807) is 14.2 Å². The molecule has 4 aromatic carbocycles. The van der Waals surface area contributed by atoms with Gasteiger partial charge in [0.1, 0.15) is 17.3 Å². The quantitative estimate of drug-likeness (QED) is 0.137. The molecule has 0 aliphatic heterocycles. The zero-order chi connectivity index (χ0) is 32.1. The van der Waals surface area contributed by atoms with Crippen LogP contribution in [0.4, 0.5) is 0 Å². The zero-order valence-corrected chi connectivity index (χ0v) is 26.3. The van der Waals surface area contributed by atoms with Gasteiger partial charge in [0, 0.05) is 41.9 Å². The second-order valence-electron chi connectivity index (χ2n) is 10.5. The van der Waals surface area contributed by atoms with E-state index in [9.17, 15) is 4.79 Å². The Morgan fingerprint density at radius 1 is 0.717 bits per heavy atom. The summed E-state index contributed by atoms with van der Waals surface area (Å²) in [6, 6.07) is 33.8. The number of benzene rings is 4. The van der Waals surface area contributed by atoms with Gasteiger partial charge >= 0.3 is 0 Å². The highest BCUT2D eigenvalue weighted by atomic mass is 16.5. The SMILES string of the molecule is COc1ccc(-c2nc(-c3ccccc3)n(Cc3ccc(C(=O)NCCOCCOCCN)cc3)c2-c2ccc(OC)cc2)cc1. The molecule has 0 aliphatic carbocycles. The van der Waals surface area contributed by atoms with Crippen molar-refractivity contribution in [1.82, 2.24) is 14.9 Å². The fourth-order valence-electron chi connectivity index (χ4n) is 5.09. The molecule has 46 heavy (non-hydrogen) atoms. The Labute approximate surface area is 269 Å². The molecule has 3 N–H and O–H groups in total. The van der Waals surface area contributed by atoms with Crippen molar-refractivity contribution in [1.29, 1.82) is 0 Å². The van der Waals surface area contributed by atoms with Crippen LogP contribution >= 0.6 is 0 Å². The molecule has 9 nitrogen and oxygen atoms in total. The minimum atomic E-state index is -0.150. The summed E-state index contributed by atoms with van der Waals surface area (Å²) >= 11 is 0. The predicted octanol–water partition coefficient (Wildman–Crippen LogP) is 5.67. The molecule has 5 rings (SSSR count). The van der Waals surface area contributed by atoms with Gasteiger partial charge in [-0.3, -0.25) is 4.79 Å². The summed E-state index contributed by atoms with van der Waals surface area (Å²) in [5, 5.41) is 2.91. The molecule has 0 atom stereocenters. The van der Waals surface area contributed by atoms with Crippen LogP contribution in [0.15, 0.2) is 103 Å². The van der Waals surface area contributed by atoms with Crippen molar-refractivity contribution >= 4 is 5.91 Å². The average molecular weight is 621 g/mol. The van der Waals surface area contributed by atoms with Gasteiger partial charge in [0.05, 0.1) is 52.0 Å². The summed E-state index contributed by atoms with van der Waals surface area (Å²) in [5.74, 6) is 2.25. The third kappa shape index (κ3) is 8.19. The second kappa shape index (κ2) is 16.4. The summed E-state index contributed by atoms with van der Waals surface area (Å²) in [7, 11) is 3.32. The van der Waals surface area contributed by atoms with E-state index in [1.165, 1.54) is 0 Å². The third-order valence-corrected chi connectivity index (χ3v) is 7.45. The van der Waals surface area contributed by atoms with E-state index in [4.69, 9.17) is 29.7 Å². The molecule has 0 saturated heterocycles. The van der Waals surface area contributed by atoms with Gasteiger partial charge in [-0.1, -0.05) is 42.5 Å². The topological polar surface area (TPSA) is 110 Å². The molecular weight excluding hydrogens is 580 g/mol. The molecule has 1 heterocycles. The van der Waals surface area contributed by atoms with Crippen LogP contribution in [0.1, 0.15) is 15.9 Å². The van der Waals surface area contributed by atoms with E-state index in [-0.39, 0.29) is 5.91 Å². The van der Waals surface area contributed by atoms with Crippen LogP contribution in [0.3, 0.4) is 0 Å². The fourth-order valence-corrected chi connectivity index (χ4v) is 5.09. The lowest BCUT2D eigenvalue weighted by Crippen LogP contribution is -2.27. The smallest absolute Gasteiger partial charge is 0.251 e. The molecule has 0 aliphatic rings. The number of aromatic nitrogens is 2. The monoisotopic (exact) mass is 620 g/mol. The van der Waals surface area contributed by atoms with Gasteiger partial charge in [0.2, 0.25) is 0 Å². The highest BCUT2D eigenvalue weighted by molar-refractivity contribution is 5.94. The Morgan fingerprint density at radius 3 is 1.93 bits per heavy atom. The van der Waals surface area contributed by atoms with Gasteiger partial charge < -0.3 is 34.6 Å². The van der Waals surface area contributed by atoms with Crippen molar-refractivity contribution in [3.05, 3.63) is 114 Å². The van der Waals surface area contributed by atoms with Crippen LogP contribution < -0.4 is 20.5 Å². The normalized spacial score (nSPS) is 10.9. The summed E-state index contributed by atoms with van der Waals surface area (Å²) in [6.07, 6.45) is 0. The van der Waals surface area contributed by atoms with Crippen molar-refractivity contribution in [2.45, 2.75) is 6.54 Å². The first kappa shape index (κ1) is 32.4. The van der Waals surface area contributed by atoms with E-state index in [0.717, 1.165) is 51.0 Å². The minimum Gasteiger partial charge on any atom is -0.497 e. The summed E-state index contributed by atoms with van der Waals surface area (Å²) in [6.45, 7) is 3.29. The lowest BCUT2D eigenvalue weighted by Gasteiger charge is -2.15. The van der Waals surface area contributed by atoms with Gasteiger partial charge in [-0.2, -0.15) is 0 Å². The van der Waals surface area contributed by atoms with Gasteiger partial charge in [0.15, 0.2) is 0 Å². The van der Waals surface area contributed by atoms with Crippen molar-refractivity contribution in [2.75, 3.05) is 53.7 Å². The molecule has 0 fully saturated rings. The molecule has 0 unspecified atom stereocenters. The summed E-state index contributed by atoms with van der Waals surface area (Å²) in [5.41, 5.74) is 11.8. The van der Waals surface area contributed by atoms with Crippen molar-refractivity contribution < 1.29 is 23.7 Å². The summed E-state index contributed by atoms with van der Waals surface area (Å²) in [4.78, 5) is 18.0. The van der Waals surface area contributed by atoms with Gasteiger partial charge in [-0.05, 0) is 66.2 Å². The number of carbonyl (C=O) groups excluding carboxylic acids is 1. The number of nitrogens with two attached hydrogens (primary N) is 1. The number of hydrogen-bond donors (Lipinski definition) is 2. The Bertz CT molecular complexity index is 1670. The van der Waals surface area contributed by atoms with E-state index in [1.807, 2.05) is 78.9 Å². The van der Waals surface area contributed by atoms with E-state index in [0.29, 0.717) is 51.6 Å². The first-order valence-corrected chi connectivity index (χ1v) is 15.3. The largest absolute Gasteiger partial charge is 0.497 e. The number of nitrogens with one attached hydrogen (secondary N) is 1. The number of methoxy groups -OCH3 is 2. The van der Waals surface area contributed by atoms with Crippen molar-refractivity contribution in [2.24, 2.45) is 5.73 Å². The van der Waals surface area contributed by atoms with Crippen LogP contribution in [0, 0.1) is 0 Å². The van der Waals surface area contributed by atoms with Crippen LogP contribution in [-0.2, 0) is 16.0 Å². The number of rotatable bonds is 16. The highest BCUT2D eigenvalue weighted by Crippen LogP contribution is 2.38. The third-order valence-electron chi connectivity index (χ3n) is 7.45. The van der Waals surface area contributed by atoms with E-state index in [2.05, 4.69) is 34.1 Å². The van der Waals surface area contributed by atoms with Gasteiger partial charge in [-0.25, -0.2) is 4.98 Å². The Kier molecular flexibility index (Phi) is 11.5. The molecule has 0 bridgehead atoms. The fraction of sp³-hybridized carbons (Fsp3) is 0.243. The predicted molar refractivity (Wildman–Crippen MR) is 180 cm³/mol. The first-order chi connectivity index (χ1) is 22.6. The Morgan fingerprint density at radius 2 is 1.33 bits per heavy atom. The molecule has 5 aromatic rings. The number of amides is 1. The average Bonchev–Trinajstić information content (AvgIpc) is 3.48. The van der Waals surface area contributed by atoms with Crippen LogP contribution in [-0.4, -0.2) is 69.2 Å². The second-order valence-corrected chi connectivity index (χ2v) is 10.5. The lowest BCUT2D eigenvalue weighted by molar-refractivity contribution is 0.0511. The zero-order valence-electron chi connectivity index (χ0n) is 26.3. The molecule has 0 radical (unpaired) electrons. The lowest BCUT2D eigenvalue weighted by atomic mass is 10.0. The summed E-state index contributed by atoms with van der Waals surface area (Å²) < 4.78 is 23.9. The van der Waals surface area contributed by atoms with Gasteiger partial charge in [-0.15, -0.1) is 0 Å². The Hall–Kier alpha value is -4.96. The molecular formula is C37H40N4O5. The molecule has 238 valence electrons. The van der Waals surface area contributed by atoms with E-state index >= 15 is 0 Å². The van der Waals surface area contributed by atoms with Crippen molar-refractivity contribution in [3.8, 4) is 45.4 Å². The maximum absolute atomic E-state index is 12.8. The minimum absolute atomic E-state index is 0.150. The van der Waals surface area contributed by atoms with Crippen molar-refractivity contribution in [3.63, 3.8) is 0 Å². The molecule has 9 heteroatoms. The maximum atomic E-state index is 12.8. The van der Waals surface area contributed by atoms with Crippen LogP contribution in [0.25, 0.3) is 33.9 Å². The number of nitrogens with zero attached hydrogens (tertiary/aromatic N) is 2. The number of hydrogen-bond acceptors (Lipinski definition) is 7. The standard InChI is InChI=1S/C37H40N4O5/c1-43-32-16-12-28(13-17-32)34-35(29-14-18-33(44-2)19-15-29)41(36(40-34)30-6-4-3-5-7-30)26-27-8-10-31(11-9-27)37(42)39-21-23-46-25-24-45-22-20-38/h3-19H,20-26,38H2,1-2H3,(H,39,42). The number of carbonyl (C=O) groups is 1. The van der Waals surface area contributed by atoms with Crippen LogP contribution in [0.2, 0.25) is 0 Å². The highest BCUT2D eigenvalue weighted by Gasteiger charge is 2.22. The molecule has 0 spiro atoms.